The standard InChI is InChI=1S/C14H26O10/c1-6(2)11(13(20)21)23-14(7(18)3-15)24-12-9(5-17)22-8(4-16)10(12)19/h6-12,14-19H,3-5H2,1-2H3,(H,20,21)/t7-,8-,9?,10?,11?,12+,14-/m0/s1. The summed E-state index contributed by atoms with van der Waals surface area (Å²) in [6.07, 6.45) is -8.99. The van der Waals surface area contributed by atoms with Crippen LogP contribution in [0.4, 0.5) is 0 Å². The van der Waals surface area contributed by atoms with Crippen LogP contribution in [0.5, 0.6) is 0 Å². The van der Waals surface area contributed by atoms with Crippen molar-refractivity contribution in [2.24, 2.45) is 5.92 Å². The molecule has 1 rings (SSSR count). The third kappa shape index (κ3) is 5.07. The summed E-state index contributed by atoms with van der Waals surface area (Å²) in [5, 5.41) is 56.6. The van der Waals surface area contributed by atoms with Gasteiger partial charge in [0.2, 0.25) is 0 Å². The van der Waals surface area contributed by atoms with E-state index < -0.39 is 74.6 Å². The number of carboxylic acid groups (broad SMARTS) is 1. The molecular weight excluding hydrogens is 328 g/mol. The van der Waals surface area contributed by atoms with Gasteiger partial charge in [-0.05, 0) is 5.92 Å². The van der Waals surface area contributed by atoms with Crippen LogP contribution in [-0.4, -0.2) is 99.3 Å². The molecule has 10 heteroatoms. The van der Waals surface area contributed by atoms with E-state index in [2.05, 4.69) is 0 Å². The molecule has 1 aliphatic rings. The molecule has 10 nitrogen and oxygen atoms in total. The molecule has 1 saturated heterocycles. The maximum Gasteiger partial charge on any atom is 0.333 e. The van der Waals surface area contributed by atoms with Crippen LogP contribution in [0.15, 0.2) is 0 Å². The molecule has 142 valence electrons. The highest BCUT2D eigenvalue weighted by atomic mass is 16.7. The Bertz CT molecular complexity index is 388. The Morgan fingerprint density at radius 3 is 2.17 bits per heavy atom. The number of rotatable bonds is 10. The Hall–Kier alpha value is -0.850. The van der Waals surface area contributed by atoms with Crippen molar-refractivity contribution >= 4 is 5.97 Å². The summed E-state index contributed by atoms with van der Waals surface area (Å²) in [5.41, 5.74) is 0. The van der Waals surface area contributed by atoms with Gasteiger partial charge in [-0.3, -0.25) is 0 Å². The van der Waals surface area contributed by atoms with Gasteiger partial charge in [-0.2, -0.15) is 0 Å². The zero-order valence-electron chi connectivity index (χ0n) is 13.6. The lowest BCUT2D eigenvalue weighted by atomic mass is 10.1. The first kappa shape index (κ1) is 21.2. The van der Waals surface area contributed by atoms with E-state index in [0.29, 0.717) is 0 Å². The summed E-state index contributed by atoms with van der Waals surface area (Å²) >= 11 is 0. The van der Waals surface area contributed by atoms with Gasteiger partial charge in [0.05, 0.1) is 19.8 Å². The van der Waals surface area contributed by atoms with Crippen molar-refractivity contribution in [1.29, 1.82) is 0 Å². The highest BCUT2D eigenvalue weighted by Crippen LogP contribution is 2.26. The molecule has 1 aliphatic heterocycles. The third-order valence-corrected chi connectivity index (χ3v) is 3.72. The lowest BCUT2D eigenvalue weighted by molar-refractivity contribution is -0.260. The lowest BCUT2D eigenvalue weighted by Gasteiger charge is -2.31. The predicted molar refractivity (Wildman–Crippen MR) is 77.9 cm³/mol. The molecule has 0 aliphatic carbocycles. The number of carboxylic acids is 1. The maximum absolute atomic E-state index is 11.2. The van der Waals surface area contributed by atoms with Crippen molar-refractivity contribution in [3.8, 4) is 0 Å². The third-order valence-electron chi connectivity index (χ3n) is 3.72. The SMILES string of the molecule is CC(C)C(O[C@@H](O[C@@H]1C(CO)O[C@@H](CO)C1O)[C@@H](O)CO)C(=O)O. The van der Waals surface area contributed by atoms with Crippen molar-refractivity contribution in [1.82, 2.24) is 0 Å². The minimum Gasteiger partial charge on any atom is -0.479 e. The molecule has 7 atom stereocenters. The van der Waals surface area contributed by atoms with E-state index in [1.807, 2.05) is 0 Å². The van der Waals surface area contributed by atoms with Crippen molar-refractivity contribution in [3.63, 3.8) is 0 Å². The van der Waals surface area contributed by atoms with Crippen molar-refractivity contribution in [2.45, 2.75) is 56.8 Å². The van der Waals surface area contributed by atoms with Gasteiger partial charge in [0.1, 0.15) is 30.5 Å². The molecule has 0 aromatic heterocycles. The summed E-state index contributed by atoms with van der Waals surface area (Å²) in [5.74, 6) is -1.73. The molecule has 0 saturated carbocycles. The van der Waals surface area contributed by atoms with E-state index in [1.165, 1.54) is 0 Å². The van der Waals surface area contributed by atoms with Gasteiger partial charge in [-0.25, -0.2) is 4.79 Å². The molecule has 3 unspecified atom stereocenters. The molecular formula is C14H26O10. The van der Waals surface area contributed by atoms with Crippen LogP contribution in [-0.2, 0) is 19.0 Å². The zero-order chi connectivity index (χ0) is 18.4. The fourth-order valence-electron chi connectivity index (χ4n) is 2.38. The van der Waals surface area contributed by atoms with Crippen LogP contribution >= 0.6 is 0 Å². The number of aliphatic carboxylic acids is 1. The van der Waals surface area contributed by atoms with Gasteiger partial charge in [0.15, 0.2) is 12.4 Å². The summed E-state index contributed by atoms with van der Waals surface area (Å²) in [6, 6.07) is 0. The Morgan fingerprint density at radius 1 is 1.17 bits per heavy atom. The zero-order valence-corrected chi connectivity index (χ0v) is 13.6. The second-order valence-electron chi connectivity index (χ2n) is 5.93. The van der Waals surface area contributed by atoms with Gasteiger partial charge in [-0.15, -0.1) is 0 Å². The summed E-state index contributed by atoms with van der Waals surface area (Å²) in [4.78, 5) is 11.2. The van der Waals surface area contributed by atoms with Crippen molar-refractivity contribution in [3.05, 3.63) is 0 Å². The number of hydrogen-bond acceptors (Lipinski definition) is 9. The first-order chi connectivity index (χ1) is 11.3. The minimum absolute atomic E-state index is 0.455. The van der Waals surface area contributed by atoms with Gasteiger partial charge in [0.25, 0.3) is 0 Å². The number of ether oxygens (including phenoxy) is 3. The molecule has 1 heterocycles. The van der Waals surface area contributed by atoms with Gasteiger partial charge in [0, 0.05) is 0 Å². The Morgan fingerprint density at radius 2 is 1.75 bits per heavy atom. The van der Waals surface area contributed by atoms with Crippen LogP contribution in [0.1, 0.15) is 13.8 Å². The van der Waals surface area contributed by atoms with E-state index in [4.69, 9.17) is 29.5 Å². The molecule has 0 aromatic carbocycles. The fourth-order valence-corrected chi connectivity index (χ4v) is 2.38. The second kappa shape index (κ2) is 9.59. The fraction of sp³-hybridized carbons (Fsp3) is 0.929. The number of hydrogen-bond donors (Lipinski definition) is 6. The van der Waals surface area contributed by atoms with Crippen LogP contribution in [0.3, 0.4) is 0 Å². The second-order valence-corrected chi connectivity index (χ2v) is 5.93. The molecule has 24 heavy (non-hydrogen) atoms. The Labute approximate surface area is 139 Å². The number of aliphatic hydroxyl groups excluding tert-OH is 5. The first-order valence-corrected chi connectivity index (χ1v) is 7.64. The Kier molecular flexibility index (Phi) is 8.46. The lowest BCUT2D eigenvalue weighted by Crippen LogP contribution is -2.48. The van der Waals surface area contributed by atoms with Gasteiger partial charge in [-0.1, -0.05) is 13.8 Å². The maximum atomic E-state index is 11.2. The monoisotopic (exact) mass is 354 g/mol. The van der Waals surface area contributed by atoms with Gasteiger partial charge >= 0.3 is 5.97 Å². The topological polar surface area (TPSA) is 166 Å². The summed E-state index contributed by atoms with van der Waals surface area (Å²) in [7, 11) is 0. The quantitative estimate of drug-likeness (QED) is 0.227. The van der Waals surface area contributed by atoms with Crippen LogP contribution in [0.25, 0.3) is 0 Å². The number of aliphatic hydroxyl groups is 5. The minimum atomic E-state index is -1.58. The summed E-state index contributed by atoms with van der Waals surface area (Å²) in [6.45, 7) is 1.36. The predicted octanol–water partition coefficient (Wildman–Crippen LogP) is -2.71. The highest BCUT2D eigenvalue weighted by molar-refractivity contribution is 5.72. The van der Waals surface area contributed by atoms with Gasteiger partial charge < -0.3 is 44.8 Å². The van der Waals surface area contributed by atoms with E-state index in [1.54, 1.807) is 13.8 Å². The molecule has 0 aromatic rings. The van der Waals surface area contributed by atoms with E-state index in [-0.39, 0.29) is 0 Å². The van der Waals surface area contributed by atoms with Crippen LogP contribution in [0, 0.1) is 5.92 Å². The molecule has 0 amide bonds. The van der Waals surface area contributed by atoms with Crippen molar-refractivity contribution in [2.75, 3.05) is 19.8 Å². The molecule has 0 spiro atoms. The van der Waals surface area contributed by atoms with Crippen LogP contribution in [0.2, 0.25) is 0 Å². The average Bonchev–Trinajstić information content (AvgIpc) is 2.85. The normalized spacial score (nSPS) is 31.2. The highest BCUT2D eigenvalue weighted by Gasteiger charge is 2.46. The molecule has 1 fully saturated rings. The summed E-state index contributed by atoms with van der Waals surface area (Å²) < 4.78 is 15.9. The largest absolute Gasteiger partial charge is 0.479 e. The smallest absolute Gasteiger partial charge is 0.333 e. The Balaban J connectivity index is 2.90. The first-order valence-electron chi connectivity index (χ1n) is 7.64. The van der Waals surface area contributed by atoms with Crippen LogP contribution < -0.4 is 0 Å². The van der Waals surface area contributed by atoms with Crippen molar-refractivity contribution < 1.29 is 49.6 Å². The number of carbonyl (C=O) groups is 1. The van der Waals surface area contributed by atoms with E-state index in [9.17, 15) is 20.1 Å². The molecule has 0 radical (unpaired) electrons. The average molecular weight is 354 g/mol. The molecule has 0 bridgehead atoms. The molecule has 6 N–H and O–H groups in total. The van der Waals surface area contributed by atoms with E-state index in [0.717, 1.165) is 0 Å². The van der Waals surface area contributed by atoms with E-state index >= 15 is 0 Å².